The number of nitrogens with zero attached hydrogens (tertiary/aromatic N) is 4. The highest BCUT2D eigenvalue weighted by molar-refractivity contribution is 7.78. The van der Waals surface area contributed by atoms with Crippen molar-refractivity contribution in [3.63, 3.8) is 0 Å². The van der Waals surface area contributed by atoms with Gasteiger partial charge in [0.1, 0.15) is 5.82 Å². The molecule has 1 aliphatic rings. The predicted molar refractivity (Wildman–Crippen MR) is 137 cm³/mol. The number of pyridine rings is 2. The van der Waals surface area contributed by atoms with Crippen molar-refractivity contribution in [3.05, 3.63) is 81.7 Å². The van der Waals surface area contributed by atoms with Crippen LogP contribution in [0.4, 0.5) is 10.1 Å². The zero-order chi connectivity index (χ0) is 24.0. The summed E-state index contributed by atoms with van der Waals surface area (Å²) in [5, 5.41) is 0.938. The quantitative estimate of drug-likeness (QED) is 0.402. The van der Waals surface area contributed by atoms with Crippen molar-refractivity contribution in [1.82, 2.24) is 13.5 Å². The molecule has 1 aromatic carbocycles. The normalized spacial score (nSPS) is 18.6. The van der Waals surface area contributed by atoms with Gasteiger partial charge in [-0.1, -0.05) is 36.5 Å². The van der Waals surface area contributed by atoms with Crippen LogP contribution in [0.3, 0.4) is 0 Å². The van der Waals surface area contributed by atoms with E-state index >= 15 is 0 Å². The maximum Gasteiger partial charge on any atom is 0.251 e. The first-order chi connectivity index (χ1) is 16.3. The van der Waals surface area contributed by atoms with Crippen molar-refractivity contribution in [2.45, 2.75) is 32.6 Å². The molecule has 0 aliphatic carbocycles. The number of hydrogen-bond donors (Lipinski definition) is 1. The van der Waals surface area contributed by atoms with E-state index < -0.39 is 5.82 Å². The van der Waals surface area contributed by atoms with E-state index in [1.807, 2.05) is 18.5 Å². The molecule has 0 N–H and O–H groups in total. The molecule has 0 bridgehead atoms. The number of hydrogen-bond acceptors (Lipinski definition) is 5. The number of ether oxygens (including phenoxy) is 1. The number of fused-ring (bicyclic) bond motifs is 1. The molecule has 0 unspecified atom stereocenters. The summed E-state index contributed by atoms with van der Waals surface area (Å²) in [6.45, 7) is 5.79. The largest absolute Gasteiger partial charge is 0.372 e. The van der Waals surface area contributed by atoms with E-state index in [-0.39, 0.29) is 29.3 Å². The van der Waals surface area contributed by atoms with E-state index in [9.17, 15) is 9.18 Å². The minimum atomic E-state index is -0.511. The fourth-order valence-corrected chi connectivity index (χ4v) is 5.00. The molecule has 4 aromatic rings. The molecule has 1 aliphatic heterocycles. The molecule has 9 heteroatoms. The smallest absolute Gasteiger partial charge is 0.251 e. The van der Waals surface area contributed by atoms with Crippen LogP contribution in [0.5, 0.6) is 0 Å². The van der Waals surface area contributed by atoms with Gasteiger partial charge in [0, 0.05) is 48.1 Å². The molecule has 0 radical (unpaired) electrons. The van der Waals surface area contributed by atoms with Gasteiger partial charge in [-0.15, -0.1) is 0 Å². The molecule has 6 nitrogen and oxygen atoms in total. The summed E-state index contributed by atoms with van der Waals surface area (Å²) in [5.41, 5.74) is 3.43. The number of benzene rings is 1. The van der Waals surface area contributed by atoms with Crippen molar-refractivity contribution >= 4 is 41.1 Å². The topological polar surface area (TPSA) is 52.3 Å². The van der Waals surface area contributed by atoms with Gasteiger partial charge in [0.25, 0.3) is 5.56 Å². The highest BCUT2D eigenvalue weighted by Crippen LogP contribution is 2.33. The third kappa shape index (κ3) is 4.33. The Balaban J connectivity index is 1.50. The first kappa shape index (κ1) is 23.0. The van der Waals surface area contributed by atoms with Gasteiger partial charge >= 0.3 is 0 Å². The Morgan fingerprint density at radius 1 is 1.21 bits per heavy atom. The molecule has 34 heavy (non-hydrogen) atoms. The highest BCUT2D eigenvalue weighted by atomic mass is 35.5. The summed E-state index contributed by atoms with van der Waals surface area (Å²) >= 11 is 10.4. The molecule has 0 amide bonds. The molecule has 1 fully saturated rings. The Kier molecular flexibility index (Phi) is 6.14. The Hall–Kier alpha value is -2.81. The number of aromatic nitrogens is 3. The summed E-state index contributed by atoms with van der Waals surface area (Å²) in [7, 11) is 0. The fraction of sp³-hybridized carbons (Fsp3) is 0.280. The zero-order valence-corrected chi connectivity index (χ0v) is 20.4. The molecule has 0 saturated carbocycles. The third-order valence-corrected chi connectivity index (χ3v) is 6.67. The fourth-order valence-electron chi connectivity index (χ4n) is 4.53. The van der Waals surface area contributed by atoms with Crippen LogP contribution in [0.2, 0.25) is 5.02 Å². The molecule has 176 valence electrons. The molecular formula is C25H24ClFN4O2S. The van der Waals surface area contributed by atoms with E-state index in [0.29, 0.717) is 11.2 Å². The Bertz CT molecular complexity index is 1430. The molecule has 4 heterocycles. The number of thiol groups is 1. The SMILES string of the molecule is C[C@@H]1CN(c2cnc3c(c2)c(-c2ccn(Cc4cccc(Cl)c4F)c(=O)c2)cn3S)C[C@H](C)O1. The third-order valence-electron chi connectivity index (χ3n) is 6.07. The summed E-state index contributed by atoms with van der Waals surface area (Å²) in [5.74, 6) is -0.511. The molecule has 2 atom stereocenters. The number of rotatable bonds is 4. The predicted octanol–water partition coefficient (Wildman–Crippen LogP) is 5.01. The van der Waals surface area contributed by atoms with Crippen LogP contribution >= 0.6 is 24.4 Å². The second-order valence-electron chi connectivity index (χ2n) is 8.71. The molecule has 5 rings (SSSR count). The van der Waals surface area contributed by atoms with Crippen LogP contribution in [0.25, 0.3) is 22.2 Å². The summed E-state index contributed by atoms with van der Waals surface area (Å²) < 4.78 is 23.3. The highest BCUT2D eigenvalue weighted by Gasteiger charge is 2.23. The summed E-state index contributed by atoms with van der Waals surface area (Å²) in [4.78, 5) is 19.8. The van der Waals surface area contributed by atoms with Gasteiger partial charge in [0.15, 0.2) is 5.65 Å². The zero-order valence-electron chi connectivity index (χ0n) is 18.8. The maximum atomic E-state index is 14.3. The minimum absolute atomic E-state index is 0.0381. The van der Waals surface area contributed by atoms with E-state index in [1.165, 1.54) is 10.6 Å². The average Bonchev–Trinajstić information content (AvgIpc) is 3.13. The van der Waals surface area contributed by atoms with Gasteiger partial charge in [-0.3, -0.25) is 8.77 Å². The number of morpholine rings is 1. The maximum absolute atomic E-state index is 14.3. The van der Waals surface area contributed by atoms with Gasteiger partial charge < -0.3 is 14.2 Å². The lowest BCUT2D eigenvalue weighted by molar-refractivity contribution is -0.00522. The van der Waals surface area contributed by atoms with Gasteiger partial charge in [-0.25, -0.2) is 9.37 Å². The Morgan fingerprint density at radius 2 is 1.97 bits per heavy atom. The molecule has 0 spiro atoms. The van der Waals surface area contributed by atoms with Crippen LogP contribution in [0.1, 0.15) is 19.4 Å². The van der Waals surface area contributed by atoms with E-state index in [1.54, 1.807) is 28.4 Å². The Morgan fingerprint density at radius 3 is 2.71 bits per heavy atom. The molecular weight excluding hydrogens is 475 g/mol. The molecule has 1 saturated heterocycles. The Labute approximate surface area is 207 Å². The number of halogens is 2. The van der Waals surface area contributed by atoms with Crippen LogP contribution < -0.4 is 10.5 Å². The van der Waals surface area contributed by atoms with Crippen molar-refractivity contribution in [1.29, 1.82) is 0 Å². The lowest BCUT2D eigenvalue weighted by atomic mass is 10.1. The standard InChI is InChI=1S/C25H24ClFN4O2S/c1-15-11-30(12-16(2)33-15)19-9-20-21(14-31(34)25(20)28-10-19)17-6-7-29(23(32)8-17)13-18-4-3-5-22(26)24(18)27/h3-10,14-16,34H,11-13H2,1-2H3/t15-,16+. The summed E-state index contributed by atoms with van der Waals surface area (Å²) in [6, 6.07) is 10.3. The van der Waals surface area contributed by atoms with Gasteiger partial charge in [0.2, 0.25) is 0 Å². The minimum Gasteiger partial charge on any atom is -0.372 e. The van der Waals surface area contributed by atoms with Crippen molar-refractivity contribution in [2.24, 2.45) is 0 Å². The van der Waals surface area contributed by atoms with Crippen LogP contribution in [0, 0.1) is 5.82 Å². The average molecular weight is 499 g/mol. The second-order valence-corrected chi connectivity index (χ2v) is 9.55. The van der Waals surface area contributed by atoms with E-state index in [0.717, 1.165) is 35.3 Å². The van der Waals surface area contributed by atoms with Crippen LogP contribution in [-0.2, 0) is 11.3 Å². The van der Waals surface area contributed by atoms with E-state index in [4.69, 9.17) is 16.3 Å². The van der Waals surface area contributed by atoms with Crippen molar-refractivity contribution < 1.29 is 9.13 Å². The number of anilines is 1. The van der Waals surface area contributed by atoms with Crippen molar-refractivity contribution in [3.8, 4) is 11.1 Å². The molecule has 3 aromatic heterocycles. The first-order valence-electron chi connectivity index (χ1n) is 11.0. The van der Waals surface area contributed by atoms with Gasteiger partial charge in [-0.05, 0) is 37.6 Å². The lowest BCUT2D eigenvalue weighted by Gasteiger charge is -2.36. The van der Waals surface area contributed by atoms with Gasteiger partial charge in [0.05, 0.1) is 35.7 Å². The lowest BCUT2D eigenvalue weighted by Crippen LogP contribution is -2.45. The van der Waals surface area contributed by atoms with Crippen LogP contribution in [-0.4, -0.2) is 38.8 Å². The van der Waals surface area contributed by atoms with Crippen molar-refractivity contribution in [2.75, 3.05) is 18.0 Å². The first-order valence-corrected chi connectivity index (χ1v) is 11.8. The van der Waals surface area contributed by atoms with Gasteiger partial charge in [-0.2, -0.15) is 0 Å². The monoisotopic (exact) mass is 498 g/mol. The second kappa shape index (κ2) is 9.09. The van der Waals surface area contributed by atoms with Crippen LogP contribution in [0.15, 0.2) is 59.8 Å². The van der Waals surface area contributed by atoms with E-state index in [2.05, 4.69) is 42.6 Å². The summed E-state index contributed by atoms with van der Waals surface area (Å²) in [6.07, 6.45) is 5.63.